The molecule has 0 saturated carbocycles. The first-order valence-corrected chi connectivity index (χ1v) is 6.67. The molecule has 0 aliphatic rings. The maximum Gasteiger partial charge on any atom is 0.413 e. The van der Waals surface area contributed by atoms with Gasteiger partial charge in [-0.05, 0) is 19.4 Å². The Morgan fingerprint density at radius 2 is 1.95 bits per heavy atom. The molecule has 0 aliphatic carbocycles. The van der Waals surface area contributed by atoms with Gasteiger partial charge in [-0.3, -0.25) is 10.00 Å². The van der Waals surface area contributed by atoms with Gasteiger partial charge in [-0.1, -0.05) is 30.3 Å². The Balaban J connectivity index is 1.93. The topological polar surface area (TPSA) is 93.5 Å². The molecule has 1 amide bonds. The maximum absolute atomic E-state index is 11.7. The zero-order valence-corrected chi connectivity index (χ0v) is 12.3. The third-order valence-electron chi connectivity index (χ3n) is 3.13. The molecule has 7 heteroatoms. The normalized spacial score (nSPS) is 11.0. The van der Waals surface area contributed by atoms with Crippen LogP contribution in [0.15, 0.2) is 42.6 Å². The third kappa shape index (κ3) is 3.63. The highest BCUT2D eigenvalue weighted by Gasteiger charge is 2.30. The number of nitrogens with zero attached hydrogens (tertiary/aromatic N) is 2. The second-order valence-electron chi connectivity index (χ2n) is 5.20. The summed E-state index contributed by atoms with van der Waals surface area (Å²) >= 11 is 0. The lowest BCUT2D eigenvalue weighted by Crippen LogP contribution is -2.36. The van der Waals surface area contributed by atoms with Crippen LogP contribution in [0.3, 0.4) is 0 Å². The Morgan fingerprint density at radius 3 is 2.59 bits per heavy atom. The summed E-state index contributed by atoms with van der Waals surface area (Å²) in [5.41, 5.74) is -0.330. The fourth-order valence-electron chi connectivity index (χ4n) is 1.66. The smallest absolute Gasteiger partial charge is 0.413 e. The van der Waals surface area contributed by atoms with E-state index in [1.54, 1.807) is 0 Å². The number of carbonyl (C=O) groups is 2. The highest BCUT2D eigenvalue weighted by Crippen LogP contribution is 2.16. The molecule has 7 nitrogen and oxygen atoms in total. The average molecular weight is 303 g/mol. The molecule has 22 heavy (non-hydrogen) atoms. The van der Waals surface area contributed by atoms with Gasteiger partial charge in [0.05, 0.1) is 0 Å². The van der Waals surface area contributed by atoms with E-state index in [2.05, 4.69) is 10.4 Å². The first-order chi connectivity index (χ1) is 10.4. The number of amides is 1. The van der Waals surface area contributed by atoms with Crippen LogP contribution in [0.25, 0.3) is 0 Å². The number of nitrogens with one attached hydrogen (secondary N) is 1. The summed E-state index contributed by atoms with van der Waals surface area (Å²) in [4.78, 5) is 22.8. The van der Waals surface area contributed by atoms with E-state index in [9.17, 15) is 9.59 Å². The van der Waals surface area contributed by atoms with Crippen molar-refractivity contribution in [3.8, 4) is 0 Å². The zero-order valence-electron chi connectivity index (χ0n) is 12.3. The zero-order chi connectivity index (χ0) is 16.2. The fourth-order valence-corrected chi connectivity index (χ4v) is 1.66. The van der Waals surface area contributed by atoms with E-state index in [1.807, 2.05) is 30.3 Å². The predicted molar refractivity (Wildman–Crippen MR) is 79.4 cm³/mol. The molecule has 0 unspecified atom stereocenters. The number of aromatic nitrogens is 2. The highest BCUT2D eigenvalue weighted by molar-refractivity contribution is 5.83. The van der Waals surface area contributed by atoms with Crippen LogP contribution in [0.4, 0.5) is 10.6 Å². The van der Waals surface area contributed by atoms with E-state index in [-0.39, 0.29) is 12.4 Å². The summed E-state index contributed by atoms with van der Waals surface area (Å²) in [6.45, 7) is 3.17. The number of carboxylic acids is 1. The molecule has 0 radical (unpaired) electrons. The summed E-state index contributed by atoms with van der Waals surface area (Å²) in [5.74, 6) is -0.791. The molecule has 2 N–H and O–H groups in total. The predicted octanol–water partition coefficient (Wildman–Crippen LogP) is 2.45. The van der Waals surface area contributed by atoms with E-state index >= 15 is 0 Å². The number of carbonyl (C=O) groups excluding carboxylic acids is 1. The highest BCUT2D eigenvalue weighted by atomic mass is 16.5. The minimum Gasteiger partial charge on any atom is -0.479 e. The molecular formula is C15H17N3O4. The van der Waals surface area contributed by atoms with E-state index in [0.717, 1.165) is 5.56 Å². The van der Waals surface area contributed by atoms with Crippen LogP contribution < -0.4 is 5.32 Å². The van der Waals surface area contributed by atoms with E-state index < -0.39 is 17.6 Å². The average Bonchev–Trinajstić information content (AvgIpc) is 2.95. The van der Waals surface area contributed by atoms with Crippen molar-refractivity contribution in [2.45, 2.75) is 26.0 Å². The van der Waals surface area contributed by atoms with Gasteiger partial charge in [0.2, 0.25) is 0 Å². The van der Waals surface area contributed by atoms with Gasteiger partial charge < -0.3 is 9.84 Å². The van der Waals surface area contributed by atoms with Crippen LogP contribution in [0.5, 0.6) is 0 Å². The van der Waals surface area contributed by atoms with Crippen molar-refractivity contribution < 1.29 is 19.4 Å². The summed E-state index contributed by atoms with van der Waals surface area (Å²) in [5, 5.41) is 15.6. The summed E-state index contributed by atoms with van der Waals surface area (Å²) in [6.07, 6.45) is 0.836. The molecule has 0 atom stereocenters. The van der Waals surface area contributed by atoms with Gasteiger partial charge in [-0.25, -0.2) is 9.59 Å². The summed E-state index contributed by atoms with van der Waals surface area (Å²) in [6, 6.07) is 10.8. The van der Waals surface area contributed by atoms with Crippen molar-refractivity contribution in [1.82, 2.24) is 9.78 Å². The first kappa shape index (κ1) is 15.6. The number of hydrogen-bond donors (Lipinski definition) is 2. The molecule has 0 fully saturated rings. The van der Waals surface area contributed by atoms with Crippen molar-refractivity contribution in [2.24, 2.45) is 0 Å². The van der Waals surface area contributed by atoms with Crippen LogP contribution in [0.1, 0.15) is 19.4 Å². The summed E-state index contributed by atoms with van der Waals surface area (Å²) < 4.78 is 6.32. The van der Waals surface area contributed by atoms with Crippen LogP contribution in [0.2, 0.25) is 0 Å². The largest absolute Gasteiger partial charge is 0.479 e. The minimum absolute atomic E-state index is 0.147. The Kier molecular flexibility index (Phi) is 4.45. The van der Waals surface area contributed by atoms with Crippen molar-refractivity contribution in [1.29, 1.82) is 0 Å². The SMILES string of the molecule is CC(C)(C(=O)O)n1ccc(NC(=O)OCc2ccccc2)n1. The lowest BCUT2D eigenvalue weighted by Gasteiger charge is -2.19. The van der Waals surface area contributed by atoms with Gasteiger partial charge in [0.1, 0.15) is 6.61 Å². The fraction of sp³-hybridized carbons (Fsp3) is 0.267. The number of rotatable bonds is 5. The van der Waals surface area contributed by atoms with Crippen LogP contribution in [-0.4, -0.2) is 26.9 Å². The van der Waals surface area contributed by atoms with Gasteiger partial charge in [0, 0.05) is 12.3 Å². The number of carboxylic acid groups (broad SMARTS) is 1. The molecule has 0 aliphatic heterocycles. The second kappa shape index (κ2) is 6.30. The van der Waals surface area contributed by atoms with Crippen LogP contribution in [-0.2, 0) is 21.7 Å². The molecule has 1 aromatic carbocycles. The quantitative estimate of drug-likeness (QED) is 0.885. The van der Waals surface area contributed by atoms with Crippen molar-refractivity contribution >= 4 is 17.9 Å². The van der Waals surface area contributed by atoms with Crippen LogP contribution >= 0.6 is 0 Å². The van der Waals surface area contributed by atoms with Gasteiger partial charge >= 0.3 is 12.1 Å². The van der Waals surface area contributed by atoms with E-state index in [4.69, 9.17) is 9.84 Å². The molecule has 1 heterocycles. The molecule has 116 valence electrons. The second-order valence-corrected chi connectivity index (χ2v) is 5.20. The minimum atomic E-state index is -1.20. The molecular weight excluding hydrogens is 286 g/mol. The van der Waals surface area contributed by atoms with Crippen molar-refractivity contribution in [3.05, 3.63) is 48.2 Å². The Hall–Kier alpha value is -2.83. The number of ether oxygens (including phenoxy) is 1. The number of hydrogen-bond acceptors (Lipinski definition) is 4. The summed E-state index contributed by atoms with van der Waals surface area (Å²) in [7, 11) is 0. The lowest BCUT2D eigenvalue weighted by molar-refractivity contribution is -0.146. The number of benzene rings is 1. The van der Waals surface area contributed by atoms with Crippen LogP contribution in [0, 0.1) is 0 Å². The van der Waals surface area contributed by atoms with Gasteiger partial charge in [-0.2, -0.15) is 5.10 Å². The van der Waals surface area contributed by atoms with Gasteiger partial charge in [0.25, 0.3) is 0 Å². The van der Waals surface area contributed by atoms with Crippen molar-refractivity contribution in [3.63, 3.8) is 0 Å². The Labute approximate surface area is 127 Å². The molecule has 0 saturated heterocycles. The molecule has 1 aromatic heterocycles. The molecule has 0 bridgehead atoms. The monoisotopic (exact) mass is 303 g/mol. The standard InChI is InChI=1S/C15H17N3O4/c1-15(2,13(19)20)18-9-8-12(17-18)16-14(21)22-10-11-6-4-3-5-7-11/h3-9H,10H2,1-2H3,(H,19,20)(H,16,17,21). The number of aliphatic carboxylic acids is 1. The van der Waals surface area contributed by atoms with Gasteiger partial charge in [0.15, 0.2) is 11.4 Å². The molecule has 2 rings (SSSR count). The number of anilines is 1. The third-order valence-corrected chi connectivity index (χ3v) is 3.13. The van der Waals surface area contributed by atoms with Crippen molar-refractivity contribution in [2.75, 3.05) is 5.32 Å². The van der Waals surface area contributed by atoms with E-state index in [0.29, 0.717) is 0 Å². The maximum atomic E-state index is 11.7. The molecule has 2 aromatic rings. The van der Waals surface area contributed by atoms with E-state index in [1.165, 1.54) is 30.8 Å². The lowest BCUT2D eigenvalue weighted by atomic mass is 10.1. The Morgan fingerprint density at radius 1 is 1.27 bits per heavy atom. The molecule has 0 spiro atoms. The first-order valence-electron chi connectivity index (χ1n) is 6.67. The Bertz CT molecular complexity index is 664. The van der Waals surface area contributed by atoms with Gasteiger partial charge in [-0.15, -0.1) is 0 Å².